The van der Waals surface area contributed by atoms with Crippen LogP contribution in [0.1, 0.15) is 27.7 Å². The molecule has 0 aromatic heterocycles. The van der Waals surface area contributed by atoms with Crippen molar-refractivity contribution in [1.82, 2.24) is 0 Å². The van der Waals surface area contributed by atoms with Gasteiger partial charge in [0.05, 0.1) is 0 Å². The predicted octanol–water partition coefficient (Wildman–Crippen LogP) is -0.0450. The van der Waals surface area contributed by atoms with Crippen LogP contribution in [0.3, 0.4) is 0 Å². The minimum absolute atomic E-state index is 0.170. The Balaban J connectivity index is 2.26. The average Bonchev–Trinajstić information content (AvgIpc) is 2.78. The summed E-state index contributed by atoms with van der Waals surface area (Å²) in [5, 5.41) is 0. The minimum atomic E-state index is -0.963. The number of hydrogen-bond acceptors (Lipinski definition) is 9. The molecule has 0 bridgehead atoms. The standard InChI is InChI=1S/C14H19NO8/c1-6-15-11-13(22-9(4)18)12(21-8(3)17)10(5-19-7(2)16)23-14(11)20-6/h10-14H,5H2,1-4H3/t10-,11-,12+,13-,14?/m1/s1. The van der Waals surface area contributed by atoms with Gasteiger partial charge in [0, 0.05) is 27.7 Å². The summed E-state index contributed by atoms with van der Waals surface area (Å²) in [6, 6.07) is -0.656. The van der Waals surface area contributed by atoms with Crippen molar-refractivity contribution < 1.29 is 38.1 Å². The van der Waals surface area contributed by atoms with Gasteiger partial charge in [0.2, 0.25) is 6.29 Å². The highest BCUT2D eigenvalue weighted by atomic mass is 16.7. The van der Waals surface area contributed by atoms with Gasteiger partial charge in [-0.25, -0.2) is 4.99 Å². The molecular formula is C14H19NO8. The van der Waals surface area contributed by atoms with Crippen molar-refractivity contribution >= 4 is 23.8 Å². The van der Waals surface area contributed by atoms with Crippen molar-refractivity contribution in [3.8, 4) is 0 Å². The van der Waals surface area contributed by atoms with Crippen LogP contribution in [0.2, 0.25) is 0 Å². The molecule has 0 N–H and O–H groups in total. The Morgan fingerprint density at radius 2 is 1.65 bits per heavy atom. The Labute approximate surface area is 132 Å². The van der Waals surface area contributed by atoms with Crippen molar-refractivity contribution in [2.75, 3.05) is 6.61 Å². The Bertz CT molecular complexity index is 531. The van der Waals surface area contributed by atoms with Crippen molar-refractivity contribution in [2.24, 2.45) is 4.99 Å². The van der Waals surface area contributed by atoms with Crippen molar-refractivity contribution in [3.05, 3.63) is 0 Å². The zero-order valence-corrected chi connectivity index (χ0v) is 13.3. The van der Waals surface area contributed by atoms with Crippen LogP contribution in [0.15, 0.2) is 4.99 Å². The number of nitrogens with zero attached hydrogens (tertiary/aromatic N) is 1. The number of carbonyl (C=O) groups excluding carboxylic acids is 3. The van der Waals surface area contributed by atoms with Crippen LogP contribution in [0.25, 0.3) is 0 Å². The topological polar surface area (TPSA) is 110 Å². The van der Waals surface area contributed by atoms with Gasteiger partial charge in [-0.3, -0.25) is 14.4 Å². The van der Waals surface area contributed by atoms with Crippen molar-refractivity contribution in [2.45, 2.75) is 58.3 Å². The molecule has 9 nitrogen and oxygen atoms in total. The maximum atomic E-state index is 11.4. The van der Waals surface area contributed by atoms with Gasteiger partial charge in [0.15, 0.2) is 24.1 Å². The quantitative estimate of drug-likeness (QED) is 0.522. The third-order valence-corrected chi connectivity index (χ3v) is 3.29. The Hall–Kier alpha value is -2.16. The van der Waals surface area contributed by atoms with Gasteiger partial charge in [-0.2, -0.15) is 0 Å². The highest BCUT2D eigenvalue weighted by Crippen LogP contribution is 2.32. The summed E-state index contributed by atoms with van der Waals surface area (Å²) in [5.74, 6) is -1.28. The number of esters is 3. The van der Waals surface area contributed by atoms with E-state index in [1.807, 2.05) is 0 Å². The zero-order valence-electron chi connectivity index (χ0n) is 13.3. The summed E-state index contributed by atoms with van der Waals surface area (Å²) < 4.78 is 26.5. The van der Waals surface area contributed by atoms with Gasteiger partial charge in [0.25, 0.3) is 0 Å². The third-order valence-electron chi connectivity index (χ3n) is 3.29. The smallest absolute Gasteiger partial charge is 0.303 e. The molecule has 23 heavy (non-hydrogen) atoms. The molecule has 5 atom stereocenters. The van der Waals surface area contributed by atoms with E-state index in [9.17, 15) is 14.4 Å². The molecule has 2 heterocycles. The number of carbonyl (C=O) groups is 3. The summed E-state index contributed by atoms with van der Waals surface area (Å²) in [7, 11) is 0. The lowest BCUT2D eigenvalue weighted by atomic mass is 9.97. The van der Waals surface area contributed by atoms with E-state index in [4.69, 9.17) is 23.7 Å². The molecule has 1 fully saturated rings. The van der Waals surface area contributed by atoms with Gasteiger partial charge < -0.3 is 23.7 Å². The number of aliphatic imine (C=N–C) groups is 1. The van der Waals surface area contributed by atoms with E-state index in [-0.39, 0.29) is 6.61 Å². The lowest BCUT2D eigenvalue weighted by molar-refractivity contribution is -0.249. The first-order chi connectivity index (χ1) is 10.8. The molecular weight excluding hydrogens is 310 g/mol. The van der Waals surface area contributed by atoms with Gasteiger partial charge in [-0.15, -0.1) is 0 Å². The minimum Gasteiger partial charge on any atom is -0.463 e. The summed E-state index contributed by atoms with van der Waals surface area (Å²) >= 11 is 0. The van der Waals surface area contributed by atoms with E-state index >= 15 is 0 Å². The summed E-state index contributed by atoms with van der Waals surface area (Å²) in [6.45, 7) is 5.17. The molecule has 0 radical (unpaired) electrons. The van der Waals surface area contributed by atoms with E-state index in [0.29, 0.717) is 5.90 Å². The zero-order chi connectivity index (χ0) is 17.1. The SMILES string of the molecule is CC(=O)OC[C@H]1OC2OC(C)=N[C@@H]2[C@@H](OC(C)=O)[C@H]1OC(C)=O. The largest absolute Gasteiger partial charge is 0.463 e. The molecule has 1 unspecified atom stereocenters. The monoisotopic (exact) mass is 329 g/mol. The molecule has 0 amide bonds. The second kappa shape index (κ2) is 6.95. The normalized spacial score (nSPS) is 32.2. The van der Waals surface area contributed by atoms with Crippen molar-refractivity contribution in [3.63, 3.8) is 0 Å². The maximum absolute atomic E-state index is 11.4. The van der Waals surface area contributed by atoms with Crippen LogP contribution >= 0.6 is 0 Å². The van der Waals surface area contributed by atoms with Crippen LogP contribution in [-0.4, -0.2) is 61.1 Å². The van der Waals surface area contributed by atoms with Crippen LogP contribution in [0.5, 0.6) is 0 Å². The van der Waals surface area contributed by atoms with Crippen LogP contribution in [0.4, 0.5) is 0 Å². The van der Waals surface area contributed by atoms with Gasteiger partial charge in [0.1, 0.15) is 12.7 Å². The third kappa shape index (κ3) is 4.19. The molecule has 1 saturated heterocycles. The summed E-state index contributed by atoms with van der Waals surface area (Å²) in [5.41, 5.74) is 0. The van der Waals surface area contributed by atoms with E-state index in [1.54, 1.807) is 6.92 Å². The molecule has 0 aromatic carbocycles. The molecule has 2 aliphatic heterocycles. The van der Waals surface area contributed by atoms with Gasteiger partial charge in [-0.05, 0) is 0 Å². The maximum Gasteiger partial charge on any atom is 0.303 e. The summed E-state index contributed by atoms with van der Waals surface area (Å²) in [6.07, 6.45) is -3.50. The molecule has 0 aromatic rings. The Morgan fingerprint density at radius 3 is 2.22 bits per heavy atom. The molecule has 9 heteroatoms. The molecule has 0 aliphatic carbocycles. The van der Waals surface area contributed by atoms with Crippen LogP contribution < -0.4 is 0 Å². The van der Waals surface area contributed by atoms with Gasteiger partial charge in [-0.1, -0.05) is 0 Å². The predicted molar refractivity (Wildman–Crippen MR) is 74.4 cm³/mol. The van der Waals surface area contributed by atoms with E-state index in [1.165, 1.54) is 20.8 Å². The highest BCUT2D eigenvalue weighted by molar-refractivity contribution is 5.75. The second-order valence-electron chi connectivity index (χ2n) is 5.25. The fourth-order valence-corrected chi connectivity index (χ4v) is 2.53. The first-order valence-electron chi connectivity index (χ1n) is 7.12. The number of ether oxygens (including phenoxy) is 5. The van der Waals surface area contributed by atoms with Gasteiger partial charge >= 0.3 is 17.9 Å². The molecule has 0 spiro atoms. The average molecular weight is 329 g/mol. The van der Waals surface area contributed by atoms with Crippen LogP contribution in [-0.2, 0) is 38.1 Å². The molecule has 0 saturated carbocycles. The first kappa shape index (κ1) is 17.2. The fourth-order valence-electron chi connectivity index (χ4n) is 2.53. The molecule has 2 aliphatic rings. The summed E-state index contributed by atoms with van der Waals surface area (Å²) in [4.78, 5) is 38.1. The van der Waals surface area contributed by atoms with Crippen molar-refractivity contribution in [1.29, 1.82) is 0 Å². The van der Waals surface area contributed by atoms with E-state index in [0.717, 1.165) is 0 Å². The second-order valence-corrected chi connectivity index (χ2v) is 5.25. The number of fused-ring (bicyclic) bond motifs is 1. The lowest BCUT2D eigenvalue weighted by Crippen LogP contribution is -2.60. The van der Waals surface area contributed by atoms with E-state index in [2.05, 4.69) is 4.99 Å². The molecule has 128 valence electrons. The highest BCUT2D eigenvalue weighted by Gasteiger charge is 2.53. The molecule has 2 rings (SSSR count). The van der Waals surface area contributed by atoms with E-state index < -0.39 is 48.6 Å². The lowest BCUT2D eigenvalue weighted by Gasteiger charge is -2.40. The Kier molecular flexibility index (Phi) is 5.19. The number of hydrogen-bond donors (Lipinski definition) is 0. The van der Waals surface area contributed by atoms with Crippen LogP contribution in [0, 0.1) is 0 Å². The number of rotatable bonds is 4. The Morgan fingerprint density at radius 1 is 1.04 bits per heavy atom. The first-order valence-corrected chi connectivity index (χ1v) is 7.12. The fraction of sp³-hybridized carbons (Fsp3) is 0.714.